The Labute approximate surface area is 121 Å². The lowest BCUT2D eigenvalue weighted by Gasteiger charge is -2.13. The molecule has 1 aromatic heterocycles. The smallest absolute Gasteiger partial charge is 0.358 e. The maximum atomic E-state index is 10.9. The minimum atomic E-state index is -1.16. The number of nitrogens with zero attached hydrogens (tertiary/aromatic N) is 1. The van der Waals surface area contributed by atoms with Crippen molar-refractivity contribution in [2.75, 3.05) is 21.3 Å². The van der Waals surface area contributed by atoms with E-state index in [2.05, 4.69) is 5.16 Å². The van der Waals surface area contributed by atoms with Crippen LogP contribution in [0.4, 0.5) is 0 Å². The van der Waals surface area contributed by atoms with Crippen molar-refractivity contribution in [3.05, 3.63) is 29.5 Å². The van der Waals surface area contributed by atoms with Crippen molar-refractivity contribution < 1.29 is 28.6 Å². The molecule has 7 nitrogen and oxygen atoms in total. The molecule has 2 rings (SSSR count). The molecule has 0 unspecified atom stereocenters. The molecular weight excluding hydrogens is 278 g/mol. The van der Waals surface area contributed by atoms with Crippen molar-refractivity contribution in [3.8, 4) is 22.8 Å². The summed E-state index contributed by atoms with van der Waals surface area (Å²) < 4.78 is 20.8. The normalized spacial score (nSPS) is 10.4. The average molecular weight is 293 g/mol. The molecule has 112 valence electrons. The molecular formula is C14H15NO6. The van der Waals surface area contributed by atoms with Gasteiger partial charge in [0.05, 0.1) is 26.4 Å². The van der Waals surface area contributed by atoms with Crippen molar-refractivity contribution in [3.63, 3.8) is 0 Å². The number of hydrogen-bond donors (Lipinski definition) is 1. The van der Waals surface area contributed by atoms with E-state index in [4.69, 9.17) is 23.8 Å². The van der Waals surface area contributed by atoms with Gasteiger partial charge in [-0.15, -0.1) is 0 Å². The van der Waals surface area contributed by atoms with Gasteiger partial charge in [-0.3, -0.25) is 0 Å². The summed E-state index contributed by atoms with van der Waals surface area (Å²) in [6, 6.07) is 4.77. The van der Waals surface area contributed by atoms with Crippen molar-refractivity contribution in [2.45, 2.75) is 6.61 Å². The van der Waals surface area contributed by atoms with Gasteiger partial charge in [0.25, 0.3) is 0 Å². The van der Waals surface area contributed by atoms with Gasteiger partial charge in [0.2, 0.25) is 0 Å². The zero-order chi connectivity index (χ0) is 15.4. The summed E-state index contributed by atoms with van der Waals surface area (Å²) >= 11 is 0. The summed E-state index contributed by atoms with van der Waals surface area (Å²) in [6.07, 6.45) is 0. The SMILES string of the molecule is COCc1cc(OC)c(-c2cc(C(=O)O)no2)cc1OC. The van der Waals surface area contributed by atoms with Crippen LogP contribution >= 0.6 is 0 Å². The second-order valence-corrected chi connectivity index (χ2v) is 4.18. The molecule has 0 spiro atoms. The highest BCUT2D eigenvalue weighted by atomic mass is 16.5. The molecule has 0 radical (unpaired) electrons. The third-order valence-electron chi connectivity index (χ3n) is 2.90. The van der Waals surface area contributed by atoms with Gasteiger partial charge in [-0.1, -0.05) is 5.16 Å². The number of carboxylic acids is 1. The van der Waals surface area contributed by atoms with Gasteiger partial charge in [0.1, 0.15) is 11.5 Å². The van der Waals surface area contributed by atoms with Gasteiger partial charge < -0.3 is 23.8 Å². The number of ether oxygens (including phenoxy) is 3. The molecule has 0 amide bonds. The number of methoxy groups -OCH3 is 3. The molecule has 21 heavy (non-hydrogen) atoms. The van der Waals surface area contributed by atoms with Crippen molar-refractivity contribution >= 4 is 5.97 Å². The van der Waals surface area contributed by atoms with Crippen LogP contribution < -0.4 is 9.47 Å². The van der Waals surface area contributed by atoms with E-state index in [1.807, 2.05) is 0 Å². The summed E-state index contributed by atoms with van der Waals surface area (Å²) in [6.45, 7) is 0.358. The van der Waals surface area contributed by atoms with E-state index in [0.29, 0.717) is 23.7 Å². The first kappa shape index (κ1) is 14.9. The Morgan fingerprint density at radius 2 is 1.90 bits per heavy atom. The number of hydrogen-bond acceptors (Lipinski definition) is 6. The van der Waals surface area contributed by atoms with Gasteiger partial charge in [-0.25, -0.2) is 4.79 Å². The van der Waals surface area contributed by atoms with E-state index in [0.717, 1.165) is 5.56 Å². The largest absolute Gasteiger partial charge is 0.496 e. The molecule has 0 bridgehead atoms. The van der Waals surface area contributed by atoms with E-state index in [-0.39, 0.29) is 11.5 Å². The Hall–Kier alpha value is -2.54. The standard InChI is InChI=1S/C14H15NO6/c1-18-7-8-4-12(20-3)9(5-11(8)19-2)13-6-10(14(16)17)15-21-13/h4-6H,7H2,1-3H3,(H,16,17). The highest BCUT2D eigenvalue weighted by molar-refractivity contribution is 5.87. The maximum Gasteiger partial charge on any atom is 0.358 e. The molecule has 0 saturated carbocycles. The lowest BCUT2D eigenvalue weighted by molar-refractivity contribution is 0.0686. The fraction of sp³-hybridized carbons (Fsp3) is 0.286. The number of carbonyl (C=O) groups is 1. The minimum absolute atomic E-state index is 0.174. The van der Waals surface area contributed by atoms with Gasteiger partial charge >= 0.3 is 5.97 Å². The second-order valence-electron chi connectivity index (χ2n) is 4.18. The van der Waals surface area contributed by atoms with Gasteiger partial charge in [-0.05, 0) is 12.1 Å². The number of rotatable bonds is 6. The van der Waals surface area contributed by atoms with Crippen molar-refractivity contribution in [2.24, 2.45) is 0 Å². The van der Waals surface area contributed by atoms with E-state index >= 15 is 0 Å². The molecule has 7 heteroatoms. The quantitative estimate of drug-likeness (QED) is 0.872. The van der Waals surface area contributed by atoms with E-state index < -0.39 is 5.97 Å². The van der Waals surface area contributed by atoms with Gasteiger partial charge in [-0.2, -0.15) is 0 Å². The van der Waals surface area contributed by atoms with E-state index in [1.54, 1.807) is 19.2 Å². The maximum absolute atomic E-state index is 10.9. The number of benzene rings is 1. The van der Waals surface area contributed by atoms with Crippen LogP contribution in [0.25, 0.3) is 11.3 Å². The molecule has 2 aromatic rings. The number of aromatic carboxylic acids is 1. The predicted octanol–water partition coefficient (Wildman–Crippen LogP) is 2.20. The monoisotopic (exact) mass is 293 g/mol. The lowest BCUT2D eigenvalue weighted by Crippen LogP contribution is -1.97. The first-order valence-electron chi connectivity index (χ1n) is 6.05. The van der Waals surface area contributed by atoms with Crippen LogP contribution in [0, 0.1) is 0 Å². The lowest BCUT2D eigenvalue weighted by atomic mass is 10.1. The summed E-state index contributed by atoms with van der Waals surface area (Å²) in [5, 5.41) is 12.4. The summed E-state index contributed by atoms with van der Waals surface area (Å²) in [5.74, 6) is 0.218. The molecule has 0 aliphatic rings. The first-order valence-corrected chi connectivity index (χ1v) is 6.05. The molecule has 0 fully saturated rings. The fourth-order valence-electron chi connectivity index (χ4n) is 1.92. The van der Waals surface area contributed by atoms with Crippen LogP contribution in [0.1, 0.15) is 16.1 Å². The highest BCUT2D eigenvalue weighted by Crippen LogP contribution is 2.36. The van der Waals surface area contributed by atoms with Crippen LogP contribution in [0.3, 0.4) is 0 Å². The first-order chi connectivity index (χ1) is 10.1. The molecule has 0 atom stereocenters. The number of carboxylic acid groups (broad SMARTS) is 1. The Bertz CT molecular complexity index is 649. The number of aromatic nitrogens is 1. The van der Waals surface area contributed by atoms with Crippen LogP contribution in [-0.4, -0.2) is 37.6 Å². The Kier molecular flexibility index (Phi) is 4.44. The Balaban J connectivity index is 2.53. The topological polar surface area (TPSA) is 91.0 Å². The Morgan fingerprint density at radius 3 is 2.43 bits per heavy atom. The molecule has 1 N–H and O–H groups in total. The highest BCUT2D eigenvalue weighted by Gasteiger charge is 2.18. The second kappa shape index (κ2) is 6.27. The van der Waals surface area contributed by atoms with Crippen molar-refractivity contribution in [1.82, 2.24) is 5.16 Å². The third kappa shape index (κ3) is 2.97. The Morgan fingerprint density at radius 1 is 1.19 bits per heavy atom. The summed E-state index contributed by atoms with van der Waals surface area (Å²) in [4.78, 5) is 10.9. The van der Waals surface area contributed by atoms with Crippen LogP contribution in [0.5, 0.6) is 11.5 Å². The van der Waals surface area contributed by atoms with Gasteiger partial charge in [0.15, 0.2) is 11.5 Å². The molecule has 0 aliphatic carbocycles. The molecule has 1 aromatic carbocycles. The average Bonchev–Trinajstić information content (AvgIpc) is 2.97. The summed E-state index contributed by atoms with van der Waals surface area (Å²) in [5.41, 5.74) is 1.18. The van der Waals surface area contributed by atoms with Gasteiger partial charge in [0, 0.05) is 18.7 Å². The molecule has 0 aliphatic heterocycles. The van der Waals surface area contributed by atoms with Crippen LogP contribution in [0.15, 0.2) is 22.7 Å². The predicted molar refractivity (Wildman–Crippen MR) is 72.7 cm³/mol. The minimum Gasteiger partial charge on any atom is -0.496 e. The molecule has 0 saturated heterocycles. The van der Waals surface area contributed by atoms with E-state index in [1.165, 1.54) is 20.3 Å². The van der Waals surface area contributed by atoms with Crippen LogP contribution in [-0.2, 0) is 11.3 Å². The summed E-state index contributed by atoms with van der Waals surface area (Å²) in [7, 11) is 4.62. The van der Waals surface area contributed by atoms with E-state index in [9.17, 15) is 4.79 Å². The third-order valence-corrected chi connectivity index (χ3v) is 2.90. The zero-order valence-corrected chi connectivity index (χ0v) is 11.9. The molecule has 1 heterocycles. The zero-order valence-electron chi connectivity index (χ0n) is 11.9. The van der Waals surface area contributed by atoms with Crippen LogP contribution in [0.2, 0.25) is 0 Å². The fourth-order valence-corrected chi connectivity index (χ4v) is 1.92. The van der Waals surface area contributed by atoms with Crippen molar-refractivity contribution in [1.29, 1.82) is 0 Å².